The summed E-state index contributed by atoms with van der Waals surface area (Å²) < 4.78 is 7.64. The maximum absolute atomic E-state index is 9.00. The maximum atomic E-state index is 9.00. The molecule has 1 N–H and O–H groups in total. The Morgan fingerprint density at radius 3 is 2.95 bits per heavy atom. The van der Waals surface area contributed by atoms with E-state index in [9.17, 15) is 0 Å². The minimum atomic E-state index is 0.262. The Labute approximate surface area is 114 Å². The summed E-state index contributed by atoms with van der Waals surface area (Å²) in [6.07, 6.45) is 0.262. The number of likely N-dealkylation sites (N-methyl/N-ethyl adjacent to an activating group) is 1. The van der Waals surface area contributed by atoms with Crippen LogP contribution >= 0.6 is 0 Å². The summed E-state index contributed by atoms with van der Waals surface area (Å²) in [5, 5.41) is 12.4. The third-order valence-corrected chi connectivity index (χ3v) is 3.78. The average molecular weight is 262 g/mol. The van der Waals surface area contributed by atoms with Gasteiger partial charge in [0, 0.05) is 38.9 Å². The molecule has 0 spiro atoms. The molecule has 1 aromatic rings. The van der Waals surface area contributed by atoms with Crippen molar-refractivity contribution < 1.29 is 4.74 Å². The second kappa shape index (κ2) is 6.20. The van der Waals surface area contributed by atoms with Crippen LogP contribution in [0.1, 0.15) is 17.0 Å². The van der Waals surface area contributed by atoms with Gasteiger partial charge in [-0.1, -0.05) is 0 Å². The molecule has 1 aliphatic rings. The molecule has 0 aliphatic carbocycles. The van der Waals surface area contributed by atoms with E-state index < -0.39 is 0 Å². The van der Waals surface area contributed by atoms with Crippen molar-refractivity contribution >= 4 is 0 Å². The maximum Gasteiger partial charge on any atom is 0.120 e. The molecular weight excluding hydrogens is 240 g/mol. The first-order valence-electron chi connectivity index (χ1n) is 6.68. The molecule has 0 saturated carbocycles. The van der Waals surface area contributed by atoms with Gasteiger partial charge in [0.1, 0.15) is 11.8 Å². The van der Waals surface area contributed by atoms with Gasteiger partial charge in [-0.15, -0.1) is 0 Å². The van der Waals surface area contributed by atoms with Gasteiger partial charge in [-0.3, -0.25) is 0 Å². The fourth-order valence-corrected chi connectivity index (χ4v) is 2.41. The van der Waals surface area contributed by atoms with Crippen LogP contribution in [0.3, 0.4) is 0 Å². The monoisotopic (exact) mass is 262 g/mol. The minimum absolute atomic E-state index is 0.262. The number of ether oxygens (including phenoxy) is 1. The van der Waals surface area contributed by atoms with E-state index in [0.717, 1.165) is 38.5 Å². The average Bonchev–Trinajstić information content (AvgIpc) is 2.67. The zero-order chi connectivity index (χ0) is 13.8. The van der Waals surface area contributed by atoms with Gasteiger partial charge in [0.25, 0.3) is 0 Å². The predicted octanol–water partition coefficient (Wildman–Crippen LogP) is 0.625. The van der Waals surface area contributed by atoms with E-state index >= 15 is 0 Å². The minimum Gasteiger partial charge on any atom is -0.374 e. The van der Waals surface area contributed by atoms with E-state index in [-0.39, 0.29) is 6.10 Å². The zero-order valence-electron chi connectivity index (χ0n) is 11.9. The molecule has 19 heavy (non-hydrogen) atoms. The molecule has 1 fully saturated rings. The van der Waals surface area contributed by atoms with Crippen LogP contribution in [0.25, 0.3) is 0 Å². The molecule has 5 nitrogen and oxygen atoms in total. The molecule has 1 atom stereocenters. The van der Waals surface area contributed by atoms with Crippen molar-refractivity contribution in [3.8, 4) is 6.07 Å². The SMILES string of the molecule is Cc1c(CNC[C@H]2CN(C)CCO2)cc(C#N)n1C. The summed E-state index contributed by atoms with van der Waals surface area (Å²) in [6, 6.07) is 4.16. The highest BCUT2D eigenvalue weighted by Gasteiger charge is 2.17. The van der Waals surface area contributed by atoms with Crippen LogP contribution in [0.2, 0.25) is 0 Å². The lowest BCUT2D eigenvalue weighted by Gasteiger charge is -2.30. The van der Waals surface area contributed by atoms with E-state index in [1.807, 2.05) is 24.6 Å². The molecule has 2 rings (SSSR count). The van der Waals surface area contributed by atoms with Gasteiger partial charge in [-0.2, -0.15) is 5.26 Å². The van der Waals surface area contributed by atoms with Crippen molar-refractivity contribution in [3.05, 3.63) is 23.0 Å². The Bertz CT molecular complexity index is 475. The van der Waals surface area contributed by atoms with Crippen LogP contribution in [-0.2, 0) is 18.3 Å². The van der Waals surface area contributed by atoms with Crippen molar-refractivity contribution in [1.29, 1.82) is 5.26 Å². The Morgan fingerprint density at radius 1 is 1.53 bits per heavy atom. The summed E-state index contributed by atoms with van der Waals surface area (Å²) in [7, 11) is 4.05. The number of hydrogen-bond acceptors (Lipinski definition) is 4. The predicted molar refractivity (Wildman–Crippen MR) is 73.8 cm³/mol. The normalized spacial score (nSPS) is 20.4. The first-order chi connectivity index (χ1) is 9.11. The fraction of sp³-hybridized carbons (Fsp3) is 0.643. The number of morpholine rings is 1. The molecule has 5 heteroatoms. The highest BCUT2D eigenvalue weighted by atomic mass is 16.5. The van der Waals surface area contributed by atoms with Crippen molar-refractivity contribution in [2.75, 3.05) is 33.3 Å². The first kappa shape index (κ1) is 14.1. The molecule has 2 heterocycles. The molecule has 0 unspecified atom stereocenters. The van der Waals surface area contributed by atoms with Crippen LogP contribution in [-0.4, -0.2) is 48.9 Å². The van der Waals surface area contributed by atoms with Gasteiger partial charge in [0.05, 0.1) is 12.7 Å². The molecule has 0 aromatic carbocycles. The Morgan fingerprint density at radius 2 is 2.32 bits per heavy atom. The Kier molecular flexibility index (Phi) is 4.59. The number of nitrogens with one attached hydrogen (secondary N) is 1. The lowest BCUT2D eigenvalue weighted by atomic mass is 10.2. The van der Waals surface area contributed by atoms with Gasteiger partial charge in [-0.05, 0) is 25.6 Å². The number of rotatable bonds is 4. The van der Waals surface area contributed by atoms with Crippen LogP contribution in [0.15, 0.2) is 6.07 Å². The number of nitriles is 1. The van der Waals surface area contributed by atoms with E-state index in [2.05, 4.69) is 23.3 Å². The van der Waals surface area contributed by atoms with E-state index in [4.69, 9.17) is 10.00 Å². The van der Waals surface area contributed by atoms with Gasteiger partial charge in [0.2, 0.25) is 0 Å². The second-order valence-corrected chi connectivity index (χ2v) is 5.20. The Hall–Kier alpha value is -1.35. The van der Waals surface area contributed by atoms with E-state index in [1.54, 1.807) is 0 Å². The third kappa shape index (κ3) is 3.35. The fourth-order valence-electron chi connectivity index (χ4n) is 2.41. The molecule has 1 aromatic heterocycles. The Balaban J connectivity index is 1.84. The zero-order valence-corrected chi connectivity index (χ0v) is 11.9. The van der Waals surface area contributed by atoms with Crippen molar-refractivity contribution in [1.82, 2.24) is 14.8 Å². The molecule has 0 bridgehead atoms. The highest BCUT2D eigenvalue weighted by molar-refractivity contribution is 5.34. The summed E-state index contributed by atoms with van der Waals surface area (Å²) in [5.74, 6) is 0. The molecule has 0 amide bonds. The molecule has 1 saturated heterocycles. The van der Waals surface area contributed by atoms with E-state index in [0.29, 0.717) is 5.69 Å². The lowest BCUT2D eigenvalue weighted by Crippen LogP contribution is -2.44. The topological polar surface area (TPSA) is 53.2 Å². The molecular formula is C14H22N4O. The summed E-state index contributed by atoms with van der Waals surface area (Å²) >= 11 is 0. The van der Waals surface area contributed by atoms with Gasteiger partial charge in [0.15, 0.2) is 0 Å². The van der Waals surface area contributed by atoms with Gasteiger partial charge in [-0.25, -0.2) is 0 Å². The smallest absolute Gasteiger partial charge is 0.120 e. The van der Waals surface area contributed by atoms with Crippen LogP contribution in [0.4, 0.5) is 0 Å². The van der Waals surface area contributed by atoms with Crippen LogP contribution in [0, 0.1) is 18.3 Å². The van der Waals surface area contributed by atoms with Gasteiger partial charge < -0.3 is 19.5 Å². The number of aromatic nitrogens is 1. The third-order valence-electron chi connectivity index (χ3n) is 3.78. The van der Waals surface area contributed by atoms with Crippen molar-refractivity contribution in [2.24, 2.45) is 7.05 Å². The van der Waals surface area contributed by atoms with Crippen molar-refractivity contribution in [2.45, 2.75) is 19.6 Å². The first-order valence-corrected chi connectivity index (χ1v) is 6.68. The highest BCUT2D eigenvalue weighted by Crippen LogP contribution is 2.13. The molecule has 0 radical (unpaired) electrons. The summed E-state index contributed by atoms with van der Waals surface area (Å²) in [6.45, 7) is 6.48. The number of nitrogens with zero attached hydrogens (tertiary/aromatic N) is 3. The van der Waals surface area contributed by atoms with Crippen LogP contribution in [0.5, 0.6) is 0 Å². The standard InChI is InChI=1S/C14H22N4O/c1-11-12(6-13(7-15)18(11)3)8-16-9-14-10-17(2)4-5-19-14/h6,14,16H,4-5,8-10H2,1-3H3/t14-/m0/s1. The summed E-state index contributed by atoms with van der Waals surface area (Å²) in [5.41, 5.74) is 3.04. The second-order valence-electron chi connectivity index (χ2n) is 5.20. The van der Waals surface area contributed by atoms with Gasteiger partial charge >= 0.3 is 0 Å². The molecule has 104 valence electrons. The quantitative estimate of drug-likeness (QED) is 0.864. The van der Waals surface area contributed by atoms with Crippen molar-refractivity contribution in [3.63, 3.8) is 0 Å². The summed E-state index contributed by atoms with van der Waals surface area (Å²) in [4.78, 5) is 2.29. The molecule has 1 aliphatic heterocycles. The number of hydrogen-bond donors (Lipinski definition) is 1. The largest absolute Gasteiger partial charge is 0.374 e. The lowest BCUT2D eigenvalue weighted by molar-refractivity contribution is -0.0182. The van der Waals surface area contributed by atoms with Crippen LogP contribution < -0.4 is 5.32 Å². The van der Waals surface area contributed by atoms with E-state index in [1.165, 1.54) is 5.56 Å².